The van der Waals surface area contributed by atoms with Crippen LogP contribution >= 0.6 is 39.0 Å². The Bertz CT molecular complexity index is 1460. The maximum atomic E-state index is 13.2. The van der Waals surface area contributed by atoms with Crippen LogP contribution in [0.3, 0.4) is 0 Å². The van der Waals surface area contributed by atoms with E-state index in [1.165, 1.54) is 52.5 Å². The Hall–Kier alpha value is -3.41. The Labute approximate surface area is 221 Å². The fraction of sp³-hybridized carbons (Fsp3) is 0.0800. The highest BCUT2D eigenvalue weighted by Gasteiger charge is 2.48. The largest absolute Gasteiger partial charge is 0.507 e. The molecular formula is C25H16BrFN4O3S2. The fourth-order valence-electron chi connectivity index (χ4n) is 3.74. The number of hydrogen-bond donors (Lipinski definition) is 1. The summed E-state index contributed by atoms with van der Waals surface area (Å²) in [6.45, 7) is 0. The number of hydrogen-bond acceptors (Lipinski definition) is 8. The zero-order chi connectivity index (χ0) is 25.2. The summed E-state index contributed by atoms with van der Waals surface area (Å²) in [4.78, 5) is 31.6. The molecule has 11 heteroatoms. The van der Waals surface area contributed by atoms with Crippen LogP contribution in [0.15, 0.2) is 87.4 Å². The summed E-state index contributed by atoms with van der Waals surface area (Å²) in [7, 11) is 0. The Morgan fingerprint density at radius 3 is 2.42 bits per heavy atom. The van der Waals surface area contributed by atoms with Crippen LogP contribution in [0.25, 0.3) is 5.76 Å². The molecule has 1 fully saturated rings. The van der Waals surface area contributed by atoms with Crippen molar-refractivity contribution in [1.29, 1.82) is 0 Å². The van der Waals surface area contributed by atoms with Gasteiger partial charge in [0.1, 0.15) is 11.6 Å². The van der Waals surface area contributed by atoms with Crippen LogP contribution in [0.2, 0.25) is 0 Å². The van der Waals surface area contributed by atoms with Gasteiger partial charge in [0.15, 0.2) is 4.34 Å². The van der Waals surface area contributed by atoms with Crippen molar-refractivity contribution in [2.45, 2.75) is 16.1 Å². The molecule has 1 saturated heterocycles. The number of pyridine rings is 1. The van der Waals surface area contributed by atoms with Crippen molar-refractivity contribution in [2.75, 3.05) is 4.90 Å². The van der Waals surface area contributed by atoms with E-state index in [2.05, 4.69) is 31.1 Å². The molecule has 5 rings (SSSR count). The first-order chi connectivity index (χ1) is 17.4. The lowest BCUT2D eigenvalue weighted by Crippen LogP contribution is -2.29. The highest BCUT2D eigenvalue weighted by atomic mass is 79.9. The van der Waals surface area contributed by atoms with Crippen molar-refractivity contribution in [2.24, 2.45) is 0 Å². The SMILES string of the molecule is O=C1C(=O)N(c2nnc(SCc3ccc(F)cc3)s2)C(c2ccc(Br)cc2)/C1=C(\O)c1ccncc1. The van der Waals surface area contributed by atoms with Gasteiger partial charge >= 0.3 is 5.91 Å². The number of halogens is 2. The second-order valence-electron chi connectivity index (χ2n) is 7.72. The van der Waals surface area contributed by atoms with E-state index in [0.29, 0.717) is 21.2 Å². The van der Waals surface area contributed by atoms with Gasteiger partial charge in [0.25, 0.3) is 5.78 Å². The summed E-state index contributed by atoms with van der Waals surface area (Å²) >= 11 is 5.96. The van der Waals surface area contributed by atoms with Gasteiger partial charge in [-0.25, -0.2) is 4.39 Å². The first-order valence-electron chi connectivity index (χ1n) is 10.6. The molecule has 2 aromatic heterocycles. The average molecular weight is 583 g/mol. The number of benzene rings is 2. The standard InChI is InChI=1S/C25H16BrFN4O3S2/c26-17-5-3-15(4-6-17)20-19(21(32)16-9-11-28-12-10-16)22(33)23(34)31(20)24-29-30-25(36-24)35-13-14-1-7-18(27)8-2-14/h1-12,20,32H,13H2/b21-19+. The van der Waals surface area contributed by atoms with E-state index in [1.807, 2.05) is 0 Å². The van der Waals surface area contributed by atoms with Crippen molar-refractivity contribution in [3.05, 3.63) is 106 Å². The normalized spacial score (nSPS) is 17.1. The number of aliphatic hydroxyl groups is 1. The zero-order valence-corrected chi connectivity index (χ0v) is 21.6. The maximum absolute atomic E-state index is 13.2. The molecule has 1 aliphatic heterocycles. The summed E-state index contributed by atoms with van der Waals surface area (Å²) in [6, 6.07) is 15.5. The van der Waals surface area contributed by atoms with E-state index in [-0.39, 0.29) is 22.3 Å². The summed E-state index contributed by atoms with van der Waals surface area (Å²) in [5, 5.41) is 19.7. The number of aliphatic hydroxyl groups excluding tert-OH is 1. The predicted molar refractivity (Wildman–Crippen MR) is 139 cm³/mol. The summed E-state index contributed by atoms with van der Waals surface area (Å²) in [5.74, 6) is -1.68. The maximum Gasteiger partial charge on any atom is 0.301 e. The van der Waals surface area contributed by atoms with Gasteiger partial charge in [0.05, 0.1) is 11.6 Å². The quantitative estimate of drug-likeness (QED) is 0.102. The number of Topliss-reactive ketones (excluding diaryl/α,β-unsaturated/α-hetero) is 1. The lowest BCUT2D eigenvalue weighted by molar-refractivity contribution is -0.132. The molecule has 7 nitrogen and oxygen atoms in total. The molecule has 1 amide bonds. The van der Waals surface area contributed by atoms with Gasteiger partial charge in [-0.3, -0.25) is 19.5 Å². The molecule has 1 aliphatic rings. The van der Waals surface area contributed by atoms with Gasteiger partial charge in [-0.1, -0.05) is 63.3 Å². The van der Waals surface area contributed by atoms with Crippen molar-refractivity contribution in [3.63, 3.8) is 0 Å². The van der Waals surface area contributed by atoms with Gasteiger partial charge < -0.3 is 5.11 Å². The van der Waals surface area contributed by atoms with Crippen LogP contribution in [0, 0.1) is 5.82 Å². The third-order valence-electron chi connectivity index (χ3n) is 5.46. The van der Waals surface area contributed by atoms with Crippen molar-refractivity contribution >= 4 is 61.6 Å². The van der Waals surface area contributed by atoms with Gasteiger partial charge in [0, 0.05) is 28.2 Å². The molecule has 180 valence electrons. The van der Waals surface area contributed by atoms with Gasteiger partial charge in [-0.15, -0.1) is 10.2 Å². The number of ketones is 1. The Morgan fingerprint density at radius 1 is 1.03 bits per heavy atom. The molecule has 1 atom stereocenters. The lowest BCUT2D eigenvalue weighted by atomic mass is 9.96. The van der Waals surface area contributed by atoms with Crippen LogP contribution in [-0.4, -0.2) is 32.0 Å². The minimum Gasteiger partial charge on any atom is -0.507 e. The van der Waals surface area contributed by atoms with Crippen molar-refractivity contribution in [1.82, 2.24) is 15.2 Å². The Balaban J connectivity index is 1.52. The molecule has 1 N–H and O–H groups in total. The fourth-order valence-corrected chi connectivity index (χ4v) is 5.83. The third-order valence-corrected chi connectivity index (χ3v) is 8.12. The molecule has 1 unspecified atom stereocenters. The van der Waals surface area contributed by atoms with E-state index >= 15 is 0 Å². The molecule has 36 heavy (non-hydrogen) atoms. The number of nitrogens with zero attached hydrogens (tertiary/aromatic N) is 4. The van der Waals surface area contributed by atoms with E-state index in [9.17, 15) is 19.1 Å². The van der Waals surface area contributed by atoms with E-state index in [0.717, 1.165) is 10.0 Å². The van der Waals surface area contributed by atoms with Crippen LogP contribution < -0.4 is 4.90 Å². The second kappa shape index (κ2) is 10.3. The van der Waals surface area contributed by atoms with Crippen LogP contribution in [-0.2, 0) is 15.3 Å². The summed E-state index contributed by atoms with van der Waals surface area (Å²) < 4.78 is 14.6. The predicted octanol–water partition coefficient (Wildman–Crippen LogP) is 5.75. The smallest absolute Gasteiger partial charge is 0.301 e. The van der Waals surface area contributed by atoms with Crippen LogP contribution in [0.5, 0.6) is 0 Å². The number of rotatable bonds is 6. The minimum atomic E-state index is -0.894. The summed E-state index contributed by atoms with van der Waals surface area (Å²) in [5.41, 5.74) is 1.87. The lowest BCUT2D eigenvalue weighted by Gasteiger charge is -2.22. The number of carbonyl (C=O) groups is 2. The molecular weight excluding hydrogens is 567 g/mol. The first kappa shape index (κ1) is 24.3. The van der Waals surface area contributed by atoms with Gasteiger partial charge in [-0.05, 0) is 47.5 Å². The zero-order valence-electron chi connectivity index (χ0n) is 18.3. The van der Waals surface area contributed by atoms with E-state index < -0.39 is 17.7 Å². The highest BCUT2D eigenvalue weighted by Crippen LogP contribution is 2.44. The monoisotopic (exact) mass is 582 g/mol. The molecule has 0 radical (unpaired) electrons. The molecule has 0 saturated carbocycles. The number of amides is 1. The molecule has 4 aromatic rings. The number of thioether (sulfide) groups is 1. The molecule has 0 aliphatic carbocycles. The Morgan fingerprint density at radius 2 is 1.72 bits per heavy atom. The van der Waals surface area contributed by atoms with E-state index in [1.54, 1.807) is 48.5 Å². The summed E-state index contributed by atoms with van der Waals surface area (Å²) in [6.07, 6.45) is 2.99. The van der Waals surface area contributed by atoms with Gasteiger partial charge in [-0.2, -0.15) is 0 Å². The number of carbonyl (C=O) groups excluding carboxylic acids is 2. The third kappa shape index (κ3) is 4.81. The number of aromatic nitrogens is 3. The Kier molecular flexibility index (Phi) is 6.95. The minimum absolute atomic E-state index is 0.0377. The highest BCUT2D eigenvalue weighted by molar-refractivity contribution is 9.10. The molecule has 0 bridgehead atoms. The number of anilines is 1. The van der Waals surface area contributed by atoms with Crippen LogP contribution in [0.1, 0.15) is 22.7 Å². The van der Waals surface area contributed by atoms with E-state index in [4.69, 9.17) is 0 Å². The van der Waals surface area contributed by atoms with Crippen LogP contribution in [0.4, 0.5) is 9.52 Å². The van der Waals surface area contributed by atoms with Gasteiger partial charge in [0.2, 0.25) is 5.13 Å². The second-order valence-corrected chi connectivity index (χ2v) is 10.8. The average Bonchev–Trinajstić information content (AvgIpc) is 3.46. The van der Waals surface area contributed by atoms with Crippen molar-refractivity contribution < 1.29 is 19.1 Å². The first-order valence-corrected chi connectivity index (χ1v) is 13.2. The molecule has 0 spiro atoms. The molecule has 2 aromatic carbocycles. The topological polar surface area (TPSA) is 96.3 Å². The van der Waals surface area contributed by atoms with Crippen molar-refractivity contribution in [3.8, 4) is 0 Å². The molecule has 3 heterocycles.